The SMILES string of the molecule is Clc1c2ccccc2c(Cl)c2c3cc4c(cc5c6cc7ccccc7cc6c6cccc4c65)c4cccc(c12)c43. The quantitative estimate of drug-likeness (QED) is 0.166. The molecule has 184 valence electrons. The van der Waals surface area contributed by atoms with Crippen molar-refractivity contribution in [1.82, 2.24) is 0 Å². The van der Waals surface area contributed by atoms with E-state index in [0.29, 0.717) is 0 Å². The highest BCUT2D eigenvalue weighted by Crippen LogP contribution is 2.51. The third kappa shape index (κ3) is 2.42. The summed E-state index contributed by atoms with van der Waals surface area (Å²) in [5, 5.41) is 23.4. The number of halogens is 2. The van der Waals surface area contributed by atoms with E-state index in [1.807, 2.05) is 12.1 Å². The Morgan fingerprint density at radius 1 is 0.275 bits per heavy atom. The van der Waals surface area contributed by atoms with Crippen LogP contribution in [0.3, 0.4) is 0 Å². The minimum atomic E-state index is 0.775. The van der Waals surface area contributed by atoms with Crippen molar-refractivity contribution < 1.29 is 0 Å². The number of fused-ring (bicyclic) bond motifs is 11. The smallest absolute Gasteiger partial charge is 0.0570 e. The molecule has 0 nitrogen and oxygen atoms in total. The lowest BCUT2D eigenvalue weighted by Crippen LogP contribution is -1.82. The Hall–Kier alpha value is -4.36. The lowest BCUT2D eigenvalue weighted by molar-refractivity contribution is 1.81. The molecule has 0 radical (unpaired) electrons. The van der Waals surface area contributed by atoms with Crippen LogP contribution in [0.2, 0.25) is 10.0 Å². The van der Waals surface area contributed by atoms with Crippen LogP contribution >= 0.6 is 23.2 Å². The Morgan fingerprint density at radius 3 is 1.27 bits per heavy atom. The summed E-state index contributed by atoms with van der Waals surface area (Å²) in [6.45, 7) is 0. The molecule has 0 aromatic heterocycles. The van der Waals surface area contributed by atoms with Crippen molar-refractivity contribution in [3.05, 3.63) is 119 Å². The van der Waals surface area contributed by atoms with Crippen LogP contribution in [0.15, 0.2) is 109 Å². The van der Waals surface area contributed by atoms with Crippen LogP contribution in [0.4, 0.5) is 0 Å². The van der Waals surface area contributed by atoms with Gasteiger partial charge < -0.3 is 0 Å². The molecule has 0 N–H and O–H groups in total. The summed E-state index contributed by atoms with van der Waals surface area (Å²) in [6, 6.07) is 39.7. The van der Waals surface area contributed by atoms with E-state index in [4.69, 9.17) is 23.2 Å². The van der Waals surface area contributed by atoms with Gasteiger partial charge >= 0.3 is 0 Å². The average molecular weight is 545 g/mol. The summed E-state index contributed by atoms with van der Waals surface area (Å²) in [5.74, 6) is 0. The molecule has 0 unspecified atom stereocenters. The van der Waals surface area contributed by atoms with Crippen LogP contribution in [0, 0.1) is 0 Å². The van der Waals surface area contributed by atoms with Gasteiger partial charge in [-0.05, 0) is 99.7 Å². The maximum atomic E-state index is 7.22. The largest absolute Gasteiger partial charge is 0.0830 e. The second-order valence-electron chi connectivity index (χ2n) is 11.1. The third-order valence-electron chi connectivity index (χ3n) is 9.21. The van der Waals surface area contributed by atoms with Gasteiger partial charge in [-0.3, -0.25) is 0 Å². The van der Waals surface area contributed by atoms with E-state index >= 15 is 0 Å². The molecule has 0 bridgehead atoms. The van der Waals surface area contributed by atoms with E-state index in [2.05, 4.69) is 97.1 Å². The molecule has 0 aliphatic carbocycles. The molecule has 10 aromatic rings. The molecule has 0 spiro atoms. The number of hydrogen-bond acceptors (Lipinski definition) is 0. The molecule has 10 rings (SSSR count). The van der Waals surface area contributed by atoms with Gasteiger partial charge in [0, 0.05) is 21.5 Å². The van der Waals surface area contributed by atoms with Crippen molar-refractivity contribution in [2.75, 3.05) is 0 Å². The van der Waals surface area contributed by atoms with Gasteiger partial charge in [0.05, 0.1) is 10.0 Å². The molecule has 0 amide bonds. The van der Waals surface area contributed by atoms with Crippen LogP contribution in [0.5, 0.6) is 0 Å². The zero-order chi connectivity index (χ0) is 26.3. The van der Waals surface area contributed by atoms with Crippen LogP contribution in [-0.2, 0) is 0 Å². The molecule has 0 atom stereocenters. The van der Waals surface area contributed by atoms with Crippen LogP contribution < -0.4 is 0 Å². The van der Waals surface area contributed by atoms with Crippen molar-refractivity contribution in [3.63, 3.8) is 0 Å². The van der Waals surface area contributed by atoms with Crippen molar-refractivity contribution in [2.45, 2.75) is 0 Å². The van der Waals surface area contributed by atoms with Crippen molar-refractivity contribution in [2.24, 2.45) is 0 Å². The molecular weight excluding hydrogens is 527 g/mol. The Morgan fingerprint density at radius 2 is 0.675 bits per heavy atom. The lowest BCUT2D eigenvalue weighted by atomic mass is 9.93. The van der Waals surface area contributed by atoms with E-state index in [-0.39, 0.29) is 0 Å². The Kier molecular flexibility index (Phi) is 3.88. The van der Waals surface area contributed by atoms with Gasteiger partial charge in [0.1, 0.15) is 0 Å². The summed E-state index contributed by atoms with van der Waals surface area (Å²) >= 11 is 14.4. The fourth-order valence-corrected chi connectivity index (χ4v) is 8.28. The minimum Gasteiger partial charge on any atom is -0.0830 e. The summed E-state index contributed by atoms with van der Waals surface area (Å²) in [5.41, 5.74) is 0. The zero-order valence-electron chi connectivity index (χ0n) is 21.1. The minimum absolute atomic E-state index is 0.775. The second kappa shape index (κ2) is 7.23. The molecule has 10 aromatic carbocycles. The number of benzene rings is 8. The monoisotopic (exact) mass is 544 g/mol. The van der Waals surface area contributed by atoms with E-state index in [1.54, 1.807) is 0 Å². The Balaban J connectivity index is 1.50. The van der Waals surface area contributed by atoms with Gasteiger partial charge in [-0.1, -0.05) is 108 Å². The second-order valence-corrected chi connectivity index (χ2v) is 11.8. The highest BCUT2D eigenvalue weighted by atomic mass is 35.5. The average Bonchev–Trinajstić information content (AvgIpc) is 3.50. The lowest BCUT2D eigenvalue weighted by Gasteiger charge is -2.10. The summed E-state index contributed by atoms with van der Waals surface area (Å²) in [4.78, 5) is 0. The first-order valence-corrected chi connectivity index (χ1v) is 14.3. The number of rotatable bonds is 0. The molecule has 0 saturated carbocycles. The van der Waals surface area contributed by atoms with Crippen molar-refractivity contribution >= 4 is 120 Å². The van der Waals surface area contributed by atoms with Gasteiger partial charge in [-0.15, -0.1) is 0 Å². The van der Waals surface area contributed by atoms with Crippen molar-refractivity contribution in [3.8, 4) is 0 Å². The summed E-state index contributed by atoms with van der Waals surface area (Å²) in [7, 11) is 0. The molecule has 40 heavy (non-hydrogen) atoms. The number of hydrogen-bond donors (Lipinski definition) is 0. The van der Waals surface area contributed by atoms with E-state index < -0.39 is 0 Å². The first-order chi connectivity index (χ1) is 19.7. The molecule has 2 heteroatoms. The highest BCUT2D eigenvalue weighted by Gasteiger charge is 2.23. The fraction of sp³-hybridized carbons (Fsp3) is 0. The van der Waals surface area contributed by atoms with Crippen LogP contribution in [0.1, 0.15) is 0 Å². The Bertz CT molecular complexity index is 2720. The first kappa shape index (κ1) is 21.5. The van der Waals surface area contributed by atoms with Crippen LogP contribution in [0.25, 0.3) is 97.0 Å². The molecule has 0 aliphatic rings. The molecule has 0 aliphatic heterocycles. The zero-order valence-corrected chi connectivity index (χ0v) is 22.7. The maximum Gasteiger partial charge on any atom is 0.0570 e. The summed E-state index contributed by atoms with van der Waals surface area (Å²) in [6.07, 6.45) is 0. The first-order valence-electron chi connectivity index (χ1n) is 13.6. The standard InChI is InChI=1S/C38H18Cl2/c39-37-24-9-3-4-10-25(24)38(40)36-32-18-30-22-12-5-11-21-27-15-19-7-1-2-8-20(19)16-28(27)31(33(21)22)17-29(30)23-13-6-14-26(34(23)32)35(36)37/h1-18H. The molecular formula is C38H18Cl2. The topological polar surface area (TPSA) is 0 Å². The van der Waals surface area contributed by atoms with Gasteiger partial charge in [0.25, 0.3) is 0 Å². The molecule has 0 saturated heterocycles. The van der Waals surface area contributed by atoms with Gasteiger partial charge in [-0.2, -0.15) is 0 Å². The van der Waals surface area contributed by atoms with Gasteiger partial charge in [0.2, 0.25) is 0 Å². The Labute approximate surface area is 238 Å². The van der Waals surface area contributed by atoms with Crippen LogP contribution in [-0.4, -0.2) is 0 Å². The highest BCUT2D eigenvalue weighted by molar-refractivity contribution is 6.54. The maximum absolute atomic E-state index is 7.22. The van der Waals surface area contributed by atoms with E-state index in [0.717, 1.165) is 31.6 Å². The van der Waals surface area contributed by atoms with E-state index in [1.165, 1.54) is 75.4 Å². The van der Waals surface area contributed by atoms with E-state index in [9.17, 15) is 0 Å². The fourth-order valence-electron chi connectivity index (χ4n) is 7.56. The normalized spacial score (nSPS) is 12.8. The van der Waals surface area contributed by atoms with Crippen molar-refractivity contribution in [1.29, 1.82) is 0 Å². The van der Waals surface area contributed by atoms with Gasteiger partial charge in [0.15, 0.2) is 0 Å². The third-order valence-corrected chi connectivity index (χ3v) is 9.99. The predicted molar refractivity (Wildman–Crippen MR) is 176 cm³/mol. The molecule has 0 fully saturated rings. The predicted octanol–water partition coefficient (Wildman–Crippen LogP) is 12.2. The van der Waals surface area contributed by atoms with Gasteiger partial charge in [-0.25, -0.2) is 0 Å². The molecule has 0 heterocycles. The summed E-state index contributed by atoms with van der Waals surface area (Å²) < 4.78 is 0.